The standard InChI is InChI=1S/C19H29ClN2O2/c1-19(2,3)24-18(23)22-12-10-16(14-22)13-21-11-4-5-15-6-8-17(20)9-7-15/h6-9,16,21H,4-5,10-14H2,1-3H3. The molecule has 134 valence electrons. The van der Waals surface area contributed by atoms with E-state index in [4.69, 9.17) is 16.3 Å². The number of ether oxygens (including phenoxy) is 1. The van der Waals surface area contributed by atoms with E-state index < -0.39 is 5.60 Å². The molecular formula is C19H29ClN2O2. The Morgan fingerprint density at radius 1 is 1.33 bits per heavy atom. The van der Waals surface area contributed by atoms with Crippen LogP contribution in [0.4, 0.5) is 4.79 Å². The van der Waals surface area contributed by atoms with E-state index in [0.717, 1.165) is 50.5 Å². The van der Waals surface area contributed by atoms with Crippen LogP contribution in [0.1, 0.15) is 39.2 Å². The topological polar surface area (TPSA) is 41.6 Å². The Kier molecular flexibility index (Phi) is 6.93. The van der Waals surface area contributed by atoms with E-state index in [-0.39, 0.29) is 6.09 Å². The van der Waals surface area contributed by atoms with Crippen LogP contribution in [0.2, 0.25) is 5.02 Å². The zero-order chi connectivity index (χ0) is 17.6. The second-order valence-corrected chi connectivity index (χ2v) is 7.95. The van der Waals surface area contributed by atoms with Crippen LogP contribution in [0.3, 0.4) is 0 Å². The summed E-state index contributed by atoms with van der Waals surface area (Å²) in [5, 5.41) is 4.30. The van der Waals surface area contributed by atoms with Crippen molar-refractivity contribution in [1.29, 1.82) is 0 Å². The fraction of sp³-hybridized carbons (Fsp3) is 0.632. The molecule has 1 saturated heterocycles. The molecule has 5 heteroatoms. The van der Waals surface area contributed by atoms with Gasteiger partial charge in [0.2, 0.25) is 0 Å². The number of benzene rings is 1. The molecule has 1 heterocycles. The highest BCUT2D eigenvalue weighted by Crippen LogP contribution is 2.19. The van der Waals surface area contributed by atoms with Crippen molar-refractivity contribution in [2.45, 2.75) is 45.6 Å². The van der Waals surface area contributed by atoms with Crippen molar-refractivity contribution in [2.75, 3.05) is 26.2 Å². The van der Waals surface area contributed by atoms with Crippen LogP contribution in [0, 0.1) is 5.92 Å². The van der Waals surface area contributed by atoms with Crippen LogP contribution in [0.5, 0.6) is 0 Å². The molecule has 4 nitrogen and oxygen atoms in total. The van der Waals surface area contributed by atoms with Crippen molar-refractivity contribution in [3.8, 4) is 0 Å². The maximum atomic E-state index is 12.0. The van der Waals surface area contributed by atoms with Crippen molar-refractivity contribution in [3.05, 3.63) is 34.9 Å². The predicted molar refractivity (Wildman–Crippen MR) is 98.6 cm³/mol. The lowest BCUT2D eigenvalue weighted by Gasteiger charge is -2.24. The van der Waals surface area contributed by atoms with E-state index in [1.54, 1.807) is 0 Å². The number of carbonyl (C=O) groups excluding carboxylic acids is 1. The van der Waals surface area contributed by atoms with Gasteiger partial charge in [0, 0.05) is 18.1 Å². The highest BCUT2D eigenvalue weighted by atomic mass is 35.5. The fourth-order valence-corrected chi connectivity index (χ4v) is 2.99. The van der Waals surface area contributed by atoms with Crippen molar-refractivity contribution < 1.29 is 9.53 Å². The molecule has 1 fully saturated rings. The summed E-state index contributed by atoms with van der Waals surface area (Å²) in [7, 11) is 0. The van der Waals surface area contributed by atoms with E-state index in [0.29, 0.717) is 5.92 Å². The zero-order valence-corrected chi connectivity index (χ0v) is 15.7. The number of nitrogens with zero attached hydrogens (tertiary/aromatic N) is 1. The number of hydrogen-bond donors (Lipinski definition) is 1. The fourth-order valence-electron chi connectivity index (χ4n) is 2.87. The van der Waals surface area contributed by atoms with Gasteiger partial charge in [-0.3, -0.25) is 0 Å². The highest BCUT2D eigenvalue weighted by molar-refractivity contribution is 6.30. The van der Waals surface area contributed by atoms with Gasteiger partial charge in [0.05, 0.1) is 0 Å². The van der Waals surface area contributed by atoms with Crippen LogP contribution >= 0.6 is 11.6 Å². The van der Waals surface area contributed by atoms with Gasteiger partial charge in [-0.25, -0.2) is 4.79 Å². The molecule has 24 heavy (non-hydrogen) atoms. The lowest BCUT2D eigenvalue weighted by atomic mass is 10.1. The Morgan fingerprint density at radius 2 is 2.04 bits per heavy atom. The molecule has 1 aliphatic heterocycles. The number of halogens is 1. The van der Waals surface area contributed by atoms with Gasteiger partial charge in [-0.15, -0.1) is 0 Å². The molecule has 1 atom stereocenters. The monoisotopic (exact) mass is 352 g/mol. The number of rotatable bonds is 6. The second-order valence-electron chi connectivity index (χ2n) is 7.52. The molecule has 0 bridgehead atoms. The minimum atomic E-state index is -0.422. The van der Waals surface area contributed by atoms with Crippen molar-refractivity contribution in [1.82, 2.24) is 10.2 Å². The normalized spacial score (nSPS) is 18.0. The van der Waals surface area contributed by atoms with E-state index >= 15 is 0 Å². The molecule has 0 aliphatic carbocycles. The highest BCUT2D eigenvalue weighted by Gasteiger charge is 2.29. The van der Waals surface area contributed by atoms with E-state index in [1.165, 1.54) is 5.56 Å². The Morgan fingerprint density at radius 3 is 2.71 bits per heavy atom. The number of nitrogens with one attached hydrogen (secondary N) is 1. The molecule has 0 radical (unpaired) electrons. The van der Waals surface area contributed by atoms with Gasteiger partial charge in [0.15, 0.2) is 0 Å². The van der Waals surface area contributed by atoms with Crippen LogP contribution in [-0.2, 0) is 11.2 Å². The molecule has 2 rings (SSSR count). The van der Waals surface area contributed by atoms with Gasteiger partial charge in [-0.2, -0.15) is 0 Å². The van der Waals surface area contributed by atoms with Crippen LogP contribution in [-0.4, -0.2) is 42.8 Å². The van der Waals surface area contributed by atoms with Gasteiger partial charge in [0.25, 0.3) is 0 Å². The number of hydrogen-bond acceptors (Lipinski definition) is 3. The minimum absolute atomic E-state index is 0.187. The Labute approximate surface area is 150 Å². The molecule has 1 unspecified atom stereocenters. The predicted octanol–water partition coefficient (Wildman–Crippen LogP) is 4.12. The lowest BCUT2D eigenvalue weighted by Crippen LogP contribution is -2.36. The first-order valence-corrected chi connectivity index (χ1v) is 9.14. The average Bonchev–Trinajstić information content (AvgIpc) is 2.96. The third-order valence-electron chi connectivity index (χ3n) is 4.10. The summed E-state index contributed by atoms with van der Waals surface area (Å²) in [6.45, 7) is 9.25. The van der Waals surface area contributed by atoms with Gasteiger partial charge in [-0.1, -0.05) is 23.7 Å². The number of amides is 1. The molecule has 0 saturated carbocycles. The third kappa shape index (κ3) is 6.70. The molecule has 1 amide bonds. The maximum absolute atomic E-state index is 12.0. The molecule has 1 N–H and O–H groups in total. The lowest BCUT2D eigenvalue weighted by molar-refractivity contribution is 0.0288. The maximum Gasteiger partial charge on any atom is 0.410 e. The van der Waals surface area contributed by atoms with Gasteiger partial charge < -0.3 is 15.0 Å². The van der Waals surface area contributed by atoms with Crippen molar-refractivity contribution in [3.63, 3.8) is 0 Å². The van der Waals surface area contributed by atoms with Gasteiger partial charge in [0.1, 0.15) is 5.60 Å². The first kappa shape index (κ1) is 19.1. The number of likely N-dealkylation sites (tertiary alicyclic amines) is 1. The molecule has 0 aromatic heterocycles. The summed E-state index contributed by atoms with van der Waals surface area (Å²) in [6.07, 6.45) is 3.01. The van der Waals surface area contributed by atoms with Crippen LogP contribution in [0.25, 0.3) is 0 Å². The molecule has 1 aliphatic rings. The Bertz CT molecular complexity index is 525. The summed E-state index contributed by atoms with van der Waals surface area (Å²) in [4.78, 5) is 13.9. The molecule has 1 aromatic carbocycles. The number of aryl methyl sites for hydroxylation is 1. The van der Waals surface area contributed by atoms with E-state index in [2.05, 4.69) is 17.4 Å². The SMILES string of the molecule is CC(C)(C)OC(=O)N1CCC(CNCCCc2ccc(Cl)cc2)C1. The summed E-state index contributed by atoms with van der Waals surface area (Å²) in [5.74, 6) is 0.521. The summed E-state index contributed by atoms with van der Waals surface area (Å²) in [5.41, 5.74) is 0.896. The summed E-state index contributed by atoms with van der Waals surface area (Å²) >= 11 is 5.89. The summed E-state index contributed by atoms with van der Waals surface area (Å²) < 4.78 is 5.43. The Hall–Kier alpha value is -1.26. The zero-order valence-electron chi connectivity index (χ0n) is 15.0. The van der Waals surface area contributed by atoms with Crippen LogP contribution in [0.15, 0.2) is 24.3 Å². The molecule has 0 spiro atoms. The average molecular weight is 353 g/mol. The molecular weight excluding hydrogens is 324 g/mol. The van der Waals surface area contributed by atoms with E-state index in [1.807, 2.05) is 37.8 Å². The van der Waals surface area contributed by atoms with Crippen LogP contribution < -0.4 is 5.32 Å². The minimum Gasteiger partial charge on any atom is -0.444 e. The quantitative estimate of drug-likeness (QED) is 0.783. The van der Waals surface area contributed by atoms with Gasteiger partial charge >= 0.3 is 6.09 Å². The Balaban J connectivity index is 1.59. The third-order valence-corrected chi connectivity index (χ3v) is 4.35. The first-order chi connectivity index (χ1) is 11.3. The van der Waals surface area contributed by atoms with Crippen molar-refractivity contribution in [2.24, 2.45) is 5.92 Å². The van der Waals surface area contributed by atoms with Crippen molar-refractivity contribution >= 4 is 17.7 Å². The first-order valence-electron chi connectivity index (χ1n) is 8.76. The summed E-state index contributed by atoms with van der Waals surface area (Å²) in [6, 6.07) is 8.04. The second kappa shape index (κ2) is 8.72. The smallest absolute Gasteiger partial charge is 0.410 e. The largest absolute Gasteiger partial charge is 0.444 e. The van der Waals surface area contributed by atoms with E-state index in [9.17, 15) is 4.79 Å². The molecule has 1 aromatic rings. The number of carbonyl (C=O) groups is 1. The van der Waals surface area contributed by atoms with Gasteiger partial charge in [-0.05, 0) is 76.7 Å².